The molecule has 0 aliphatic carbocycles. The minimum absolute atomic E-state index is 0.0937. The third-order valence-electron chi connectivity index (χ3n) is 8.05. The monoisotopic (exact) mass is 646 g/mol. The number of carbonyl (C=O) groups excluding carboxylic acids is 1. The van der Waals surface area contributed by atoms with Crippen LogP contribution in [0, 0.1) is 10.1 Å². The summed E-state index contributed by atoms with van der Waals surface area (Å²) in [6.45, 7) is 1.67. The zero-order valence-corrected chi connectivity index (χ0v) is 26.6. The number of carboxylic acid groups (broad SMARTS) is 1. The minimum atomic E-state index is -1.08. The first-order valence-corrected chi connectivity index (χ1v) is 16.1. The lowest BCUT2D eigenvalue weighted by Crippen LogP contribution is -2.26. The lowest BCUT2D eigenvalue weighted by molar-refractivity contribution is -0.384. The minimum Gasteiger partial charge on any atom is -0.506 e. The number of aromatic nitrogens is 2. The average molecular weight is 647 g/mol. The lowest BCUT2D eigenvalue weighted by atomic mass is 10.0. The van der Waals surface area contributed by atoms with Gasteiger partial charge in [0, 0.05) is 29.4 Å². The van der Waals surface area contributed by atoms with Crippen LogP contribution in [0.2, 0.25) is 0 Å². The van der Waals surface area contributed by atoms with Gasteiger partial charge in [0.05, 0.1) is 40.5 Å². The van der Waals surface area contributed by atoms with E-state index in [1.165, 1.54) is 73.5 Å². The van der Waals surface area contributed by atoms with Crippen molar-refractivity contribution in [1.29, 1.82) is 0 Å². The second-order valence-corrected chi connectivity index (χ2v) is 11.5. The number of nitrogens with one attached hydrogen (secondary N) is 1. The number of nitro benzene ring substituents is 1. The number of ether oxygens (including phenoxy) is 1. The molecular formula is C35H42N4O8. The van der Waals surface area contributed by atoms with Gasteiger partial charge in [-0.15, -0.1) is 0 Å². The normalized spacial score (nSPS) is 11.1. The molecular weight excluding hydrogens is 604 g/mol. The van der Waals surface area contributed by atoms with E-state index in [9.17, 15) is 29.9 Å². The van der Waals surface area contributed by atoms with Crippen molar-refractivity contribution in [3.05, 3.63) is 81.5 Å². The molecule has 0 saturated heterocycles. The molecule has 4 N–H and O–H groups in total. The predicted molar refractivity (Wildman–Crippen MR) is 177 cm³/mol. The number of phenols is 1. The molecule has 0 aliphatic rings. The summed E-state index contributed by atoms with van der Waals surface area (Å²) < 4.78 is 7.94. The van der Waals surface area contributed by atoms with Gasteiger partial charge in [0.1, 0.15) is 11.5 Å². The summed E-state index contributed by atoms with van der Waals surface area (Å²) in [5, 5.41) is 49.9. The van der Waals surface area contributed by atoms with E-state index in [2.05, 4.69) is 12.2 Å². The number of aryl methyl sites for hydroxylation is 1. The first-order chi connectivity index (χ1) is 22.7. The van der Waals surface area contributed by atoms with Crippen molar-refractivity contribution in [2.45, 2.75) is 84.2 Å². The fraction of sp³-hybridized carbons (Fsp3) is 0.400. The molecule has 250 valence electrons. The molecule has 0 saturated carbocycles. The van der Waals surface area contributed by atoms with E-state index in [4.69, 9.17) is 14.9 Å². The maximum absolute atomic E-state index is 13.0. The molecule has 1 amide bonds. The largest absolute Gasteiger partial charge is 0.506 e. The van der Waals surface area contributed by atoms with Gasteiger partial charge in [0.25, 0.3) is 11.6 Å². The number of fused-ring (bicyclic) bond motifs is 1. The third kappa shape index (κ3) is 9.07. The van der Waals surface area contributed by atoms with Crippen LogP contribution in [0.3, 0.4) is 0 Å². The van der Waals surface area contributed by atoms with E-state index in [-0.39, 0.29) is 41.6 Å². The quantitative estimate of drug-likeness (QED) is 0.0466. The van der Waals surface area contributed by atoms with Crippen molar-refractivity contribution in [3.63, 3.8) is 0 Å². The Balaban J connectivity index is 1.68. The number of nitro groups is 1. The molecule has 0 fully saturated rings. The number of benzene rings is 3. The van der Waals surface area contributed by atoms with Gasteiger partial charge in [-0.2, -0.15) is 5.10 Å². The fourth-order valence-corrected chi connectivity index (χ4v) is 5.50. The maximum atomic E-state index is 13.0. The smallest absolute Gasteiger partial charge is 0.305 e. The van der Waals surface area contributed by atoms with Crippen LogP contribution in [0.4, 0.5) is 5.69 Å². The number of aliphatic hydroxyl groups excluding tert-OH is 1. The van der Waals surface area contributed by atoms with Gasteiger partial charge in [-0.3, -0.25) is 19.7 Å². The van der Waals surface area contributed by atoms with Crippen LogP contribution < -0.4 is 10.1 Å². The van der Waals surface area contributed by atoms with E-state index >= 15 is 0 Å². The highest BCUT2D eigenvalue weighted by Gasteiger charge is 2.24. The van der Waals surface area contributed by atoms with Gasteiger partial charge < -0.3 is 25.4 Å². The van der Waals surface area contributed by atoms with Gasteiger partial charge in [-0.25, -0.2) is 4.68 Å². The van der Waals surface area contributed by atoms with Crippen LogP contribution in [0.1, 0.15) is 92.7 Å². The second kappa shape index (κ2) is 17.1. The molecule has 0 radical (unpaired) electrons. The van der Waals surface area contributed by atoms with Crippen molar-refractivity contribution >= 4 is 28.3 Å². The number of carboxylic acids is 1. The maximum Gasteiger partial charge on any atom is 0.305 e. The first-order valence-electron chi connectivity index (χ1n) is 16.1. The van der Waals surface area contributed by atoms with Crippen LogP contribution in [-0.2, 0) is 17.8 Å². The third-order valence-corrected chi connectivity index (χ3v) is 8.05. The summed E-state index contributed by atoms with van der Waals surface area (Å²) in [7, 11) is 0. The van der Waals surface area contributed by atoms with Crippen molar-refractivity contribution < 1.29 is 34.6 Å². The molecule has 0 aliphatic heterocycles. The van der Waals surface area contributed by atoms with E-state index in [1.54, 1.807) is 24.3 Å². The van der Waals surface area contributed by atoms with Crippen LogP contribution >= 0.6 is 0 Å². The highest BCUT2D eigenvalue weighted by Crippen LogP contribution is 2.40. The molecule has 4 aromatic rings. The standard InChI is InChI=1S/C35H42N4O8/c1-2-3-4-5-6-7-8-9-10-15-30-29(23-40)35(38(37-30)24-16-18-25(19-17-24)39(45)46)47-31-22-28(34(44)36-21-20-32(41)42)33(43)27-14-12-11-13-26(27)31/h11-14,16-19,22,40,43H,2-10,15,20-21,23H2,1H3,(H,36,44)(H,41,42). The number of non-ortho nitro benzene ring substituents is 1. The molecule has 0 spiro atoms. The van der Waals surface area contributed by atoms with Gasteiger partial charge in [0.15, 0.2) is 0 Å². The number of carbonyl (C=O) groups is 2. The van der Waals surface area contributed by atoms with Crippen LogP contribution in [0.5, 0.6) is 17.4 Å². The number of nitrogens with zero attached hydrogens (tertiary/aromatic N) is 3. The summed E-state index contributed by atoms with van der Waals surface area (Å²) in [5.74, 6) is -1.70. The number of aliphatic hydroxyl groups is 1. The number of phenolic OH excluding ortho intramolecular Hbond substituents is 1. The Morgan fingerprint density at radius 1 is 0.957 bits per heavy atom. The summed E-state index contributed by atoms with van der Waals surface area (Å²) in [6.07, 6.45) is 10.6. The molecule has 1 aromatic heterocycles. The summed E-state index contributed by atoms with van der Waals surface area (Å²) >= 11 is 0. The summed E-state index contributed by atoms with van der Waals surface area (Å²) in [5.41, 5.74) is 1.31. The number of aliphatic carboxylic acids is 1. The Morgan fingerprint density at radius 3 is 2.21 bits per heavy atom. The van der Waals surface area contributed by atoms with E-state index < -0.39 is 23.4 Å². The Hall–Kier alpha value is -4.97. The highest BCUT2D eigenvalue weighted by atomic mass is 16.6. The summed E-state index contributed by atoms with van der Waals surface area (Å²) in [4.78, 5) is 34.8. The number of amides is 1. The molecule has 12 nitrogen and oxygen atoms in total. The zero-order chi connectivity index (χ0) is 33.8. The van der Waals surface area contributed by atoms with Gasteiger partial charge in [-0.1, -0.05) is 82.6 Å². The second-order valence-electron chi connectivity index (χ2n) is 11.5. The van der Waals surface area contributed by atoms with Gasteiger partial charge >= 0.3 is 5.97 Å². The van der Waals surface area contributed by atoms with E-state index in [0.29, 0.717) is 34.1 Å². The Morgan fingerprint density at radius 2 is 1.60 bits per heavy atom. The first kappa shape index (κ1) is 34.9. The van der Waals surface area contributed by atoms with Crippen molar-refractivity contribution in [3.8, 4) is 23.1 Å². The summed E-state index contributed by atoms with van der Waals surface area (Å²) in [6, 6.07) is 13.9. The lowest BCUT2D eigenvalue weighted by Gasteiger charge is -2.15. The van der Waals surface area contributed by atoms with Crippen LogP contribution in [0.15, 0.2) is 54.6 Å². The topological polar surface area (TPSA) is 177 Å². The Bertz CT molecular complexity index is 1680. The number of aromatic hydroxyl groups is 1. The SMILES string of the molecule is CCCCCCCCCCCc1nn(-c2ccc([N+](=O)[O-])cc2)c(Oc2cc(C(=O)NCCC(=O)O)c(O)c3ccccc23)c1CO. The number of unbranched alkanes of at least 4 members (excludes halogenated alkanes) is 8. The van der Waals surface area contributed by atoms with E-state index in [1.807, 2.05) is 0 Å². The molecule has 0 bridgehead atoms. The number of rotatable bonds is 19. The predicted octanol–water partition coefficient (Wildman–Crippen LogP) is 7.20. The van der Waals surface area contributed by atoms with Gasteiger partial charge in [-0.05, 0) is 31.0 Å². The van der Waals surface area contributed by atoms with Gasteiger partial charge in [0.2, 0.25) is 5.88 Å². The molecule has 4 rings (SSSR count). The van der Waals surface area contributed by atoms with Crippen LogP contribution in [0.25, 0.3) is 16.5 Å². The van der Waals surface area contributed by atoms with Crippen molar-refractivity contribution in [2.24, 2.45) is 0 Å². The van der Waals surface area contributed by atoms with E-state index in [0.717, 1.165) is 19.3 Å². The van der Waals surface area contributed by atoms with Crippen molar-refractivity contribution in [1.82, 2.24) is 15.1 Å². The number of hydrogen-bond donors (Lipinski definition) is 4. The molecule has 1 heterocycles. The molecule has 0 unspecified atom stereocenters. The number of hydrogen-bond acceptors (Lipinski definition) is 8. The van der Waals surface area contributed by atoms with Crippen LogP contribution in [-0.4, -0.2) is 48.4 Å². The highest BCUT2D eigenvalue weighted by molar-refractivity contribution is 6.06. The Labute approximate surface area is 273 Å². The average Bonchev–Trinajstić information content (AvgIpc) is 3.41. The van der Waals surface area contributed by atoms with Crippen molar-refractivity contribution in [2.75, 3.05) is 6.54 Å². The molecule has 0 atom stereocenters. The molecule has 47 heavy (non-hydrogen) atoms. The molecule has 12 heteroatoms. The molecule has 3 aromatic carbocycles. The zero-order valence-electron chi connectivity index (χ0n) is 26.6. The fourth-order valence-electron chi connectivity index (χ4n) is 5.50. The Kier molecular flexibility index (Phi) is 12.7.